The van der Waals surface area contributed by atoms with Gasteiger partial charge in [0, 0.05) is 19.5 Å². The molecule has 0 atom stereocenters. The summed E-state index contributed by atoms with van der Waals surface area (Å²) in [6.45, 7) is 5.62. The molecular formula is C13H22N4O2. The zero-order valence-electron chi connectivity index (χ0n) is 11.7. The predicted octanol–water partition coefficient (Wildman–Crippen LogP) is 0.543. The van der Waals surface area contributed by atoms with E-state index in [1.807, 2.05) is 0 Å². The maximum Gasteiger partial charge on any atom is 0.346 e. The van der Waals surface area contributed by atoms with E-state index < -0.39 is 0 Å². The molecule has 6 heteroatoms. The Morgan fingerprint density at radius 3 is 2.89 bits per heavy atom. The van der Waals surface area contributed by atoms with Crippen LogP contribution in [-0.2, 0) is 24.3 Å². The molecule has 19 heavy (non-hydrogen) atoms. The van der Waals surface area contributed by atoms with Crippen LogP contribution in [0.5, 0.6) is 0 Å². The molecule has 0 radical (unpaired) electrons. The van der Waals surface area contributed by atoms with Crippen molar-refractivity contribution in [1.29, 1.82) is 0 Å². The lowest BCUT2D eigenvalue weighted by Crippen LogP contribution is -2.34. The molecule has 1 aromatic heterocycles. The van der Waals surface area contributed by atoms with E-state index in [4.69, 9.17) is 0 Å². The van der Waals surface area contributed by atoms with Crippen LogP contribution in [0.15, 0.2) is 4.79 Å². The summed E-state index contributed by atoms with van der Waals surface area (Å²) in [4.78, 5) is 23.8. The average molecular weight is 266 g/mol. The van der Waals surface area contributed by atoms with Gasteiger partial charge in [0.15, 0.2) is 0 Å². The monoisotopic (exact) mass is 266 g/mol. The molecule has 0 fully saturated rings. The van der Waals surface area contributed by atoms with Gasteiger partial charge in [-0.25, -0.2) is 9.48 Å². The number of amides is 1. The minimum atomic E-state index is -0.159. The molecule has 0 aliphatic carbocycles. The Bertz CT molecular complexity index is 501. The maximum absolute atomic E-state index is 12.0. The number of rotatable bonds is 5. The normalized spacial score (nSPS) is 14.5. The lowest BCUT2D eigenvalue weighted by molar-refractivity contribution is -0.121. The molecule has 1 aliphatic heterocycles. The zero-order chi connectivity index (χ0) is 13.8. The highest BCUT2D eigenvalue weighted by molar-refractivity contribution is 5.75. The molecule has 0 saturated heterocycles. The summed E-state index contributed by atoms with van der Waals surface area (Å²) in [5, 5.41) is 7.06. The van der Waals surface area contributed by atoms with Crippen molar-refractivity contribution in [1.82, 2.24) is 19.7 Å². The van der Waals surface area contributed by atoms with Crippen molar-refractivity contribution in [2.24, 2.45) is 5.92 Å². The summed E-state index contributed by atoms with van der Waals surface area (Å²) in [6.07, 6.45) is 3.85. The number of carbonyl (C=O) groups excluding carboxylic acids is 1. The number of aryl methyl sites for hydroxylation is 1. The zero-order valence-corrected chi connectivity index (χ0v) is 11.7. The Morgan fingerprint density at radius 2 is 2.21 bits per heavy atom. The topological polar surface area (TPSA) is 68.9 Å². The lowest BCUT2D eigenvalue weighted by Gasteiger charge is -2.09. The van der Waals surface area contributed by atoms with Gasteiger partial charge in [-0.3, -0.25) is 9.36 Å². The largest absolute Gasteiger partial charge is 0.354 e. The molecule has 1 amide bonds. The predicted molar refractivity (Wildman–Crippen MR) is 71.9 cm³/mol. The molecule has 2 rings (SSSR count). The van der Waals surface area contributed by atoms with Crippen LogP contribution >= 0.6 is 0 Å². The first-order valence-electron chi connectivity index (χ1n) is 7.01. The number of fused-ring (bicyclic) bond motifs is 1. The summed E-state index contributed by atoms with van der Waals surface area (Å²) in [7, 11) is 0. The van der Waals surface area contributed by atoms with Gasteiger partial charge in [-0.05, 0) is 25.2 Å². The van der Waals surface area contributed by atoms with Crippen molar-refractivity contribution < 1.29 is 4.79 Å². The summed E-state index contributed by atoms with van der Waals surface area (Å²) >= 11 is 0. The molecule has 0 bridgehead atoms. The molecule has 0 spiro atoms. The van der Waals surface area contributed by atoms with Crippen LogP contribution in [0.4, 0.5) is 0 Å². The first kappa shape index (κ1) is 13.8. The van der Waals surface area contributed by atoms with Crippen LogP contribution in [0, 0.1) is 5.92 Å². The van der Waals surface area contributed by atoms with Gasteiger partial charge in [-0.2, -0.15) is 5.10 Å². The number of carbonyl (C=O) groups is 1. The van der Waals surface area contributed by atoms with E-state index in [1.165, 1.54) is 4.68 Å². The number of aromatic nitrogens is 3. The van der Waals surface area contributed by atoms with Gasteiger partial charge in [0.2, 0.25) is 5.91 Å². The molecule has 1 aliphatic rings. The van der Waals surface area contributed by atoms with Crippen molar-refractivity contribution in [3.8, 4) is 0 Å². The summed E-state index contributed by atoms with van der Waals surface area (Å²) in [6, 6.07) is 0. The minimum absolute atomic E-state index is 0.0247. The highest BCUT2D eigenvalue weighted by Gasteiger charge is 2.17. The summed E-state index contributed by atoms with van der Waals surface area (Å²) < 4.78 is 2.97. The van der Waals surface area contributed by atoms with Crippen LogP contribution in [0.3, 0.4) is 0 Å². The molecule has 106 valence electrons. The average Bonchev–Trinajstić information content (AvgIpc) is 2.66. The van der Waals surface area contributed by atoms with Gasteiger partial charge >= 0.3 is 5.69 Å². The molecule has 0 aromatic carbocycles. The third-order valence-corrected chi connectivity index (χ3v) is 3.37. The van der Waals surface area contributed by atoms with Gasteiger partial charge < -0.3 is 5.32 Å². The summed E-state index contributed by atoms with van der Waals surface area (Å²) in [5.41, 5.74) is -0.159. The SMILES string of the molecule is CC(C)CCNC(=O)Cn1nc2n(c1=O)CCCC2. The highest BCUT2D eigenvalue weighted by Crippen LogP contribution is 2.09. The fourth-order valence-electron chi connectivity index (χ4n) is 2.24. The van der Waals surface area contributed by atoms with Gasteiger partial charge in [0.05, 0.1) is 0 Å². The molecule has 6 nitrogen and oxygen atoms in total. The van der Waals surface area contributed by atoms with Gasteiger partial charge in [-0.1, -0.05) is 13.8 Å². The van der Waals surface area contributed by atoms with E-state index >= 15 is 0 Å². The molecule has 0 unspecified atom stereocenters. The van der Waals surface area contributed by atoms with E-state index in [0.717, 1.165) is 38.1 Å². The van der Waals surface area contributed by atoms with Crippen molar-refractivity contribution in [2.45, 2.75) is 52.6 Å². The maximum atomic E-state index is 12.0. The quantitative estimate of drug-likeness (QED) is 0.846. The van der Waals surface area contributed by atoms with Crippen molar-refractivity contribution in [2.75, 3.05) is 6.54 Å². The fourth-order valence-corrected chi connectivity index (χ4v) is 2.24. The third-order valence-electron chi connectivity index (χ3n) is 3.37. The van der Waals surface area contributed by atoms with Crippen LogP contribution in [0.2, 0.25) is 0 Å². The van der Waals surface area contributed by atoms with Crippen LogP contribution in [0.1, 0.15) is 38.9 Å². The van der Waals surface area contributed by atoms with Gasteiger partial charge in [-0.15, -0.1) is 0 Å². The number of nitrogens with zero attached hydrogens (tertiary/aromatic N) is 3. The molecular weight excluding hydrogens is 244 g/mol. The Hall–Kier alpha value is -1.59. The van der Waals surface area contributed by atoms with E-state index in [9.17, 15) is 9.59 Å². The number of nitrogens with one attached hydrogen (secondary N) is 1. The fraction of sp³-hybridized carbons (Fsp3) is 0.769. The van der Waals surface area contributed by atoms with E-state index in [1.54, 1.807) is 4.57 Å². The second-order valence-corrected chi connectivity index (χ2v) is 5.50. The Kier molecular flexibility index (Phi) is 4.39. The molecule has 1 aromatic rings. The summed E-state index contributed by atoms with van der Waals surface area (Å²) in [5.74, 6) is 1.23. The first-order valence-corrected chi connectivity index (χ1v) is 7.01. The highest BCUT2D eigenvalue weighted by atomic mass is 16.2. The van der Waals surface area contributed by atoms with Crippen molar-refractivity contribution >= 4 is 5.91 Å². The number of hydrogen-bond donors (Lipinski definition) is 1. The molecule has 2 heterocycles. The molecule has 1 N–H and O–H groups in total. The lowest BCUT2D eigenvalue weighted by atomic mass is 10.1. The Balaban J connectivity index is 1.94. The second kappa shape index (κ2) is 6.04. The van der Waals surface area contributed by atoms with E-state index in [0.29, 0.717) is 12.5 Å². The third kappa shape index (κ3) is 3.45. The smallest absolute Gasteiger partial charge is 0.346 e. The van der Waals surface area contributed by atoms with Gasteiger partial charge in [0.25, 0.3) is 0 Å². The van der Waals surface area contributed by atoms with Crippen molar-refractivity contribution in [3.63, 3.8) is 0 Å². The number of hydrogen-bond acceptors (Lipinski definition) is 3. The van der Waals surface area contributed by atoms with Crippen LogP contribution in [0.25, 0.3) is 0 Å². The van der Waals surface area contributed by atoms with E-state index in [2.05, 4.69) is 24.3 Å². The van der Waals surface area contributed by atoms with Gasteiger partial charge in [0.1, 0.15) is 12.4 Å². The standard InChI is InChI=1S/C13H22N4O2/c1-10(2)6-7-14-12(18)9-17-13(19)16-8-4-3-5-11(16)15-17/h10H,3-9H2,1-2H3,(H,14,18). The minimum Gasteiger partial charge on any atom is -0.354 e. The van der Waals surface area contributed by atoms with Crippen molar-refractivity contribution in [3.05, 3.63) is 16.3 Å². The Morgan fingerprint density at radius 1 is 1.42 bits per heavy atom. The molecule has 0 saturated carbocycles. The second-order valence-electron chi connectivity index (χ2n) is 5.50. The van der Waals surface area contributed by atoms with E-state index in [-0.39, 0.29) is 18.1 Å². The first-order chi connectivity index (χ1) is 9.08. The van der Waals surface area contributed by atoms with Crippen LogP contribution in [-0.4, -0.2) is 26.8 Å². The Labute approximate surface area is 112 Å². The van der Waals surface area contributed by atoms with Crippen LogP contribution < -0.4 is 11.0 Å².